The maximum Gasteiger partial charge on any atom is 0.254 e. The Balaban J connectivity index is 2.81. The van der Waals surface area contributed by atoms with Crippen molar-refractivity contribution < 1.29 is 9.90 Å². The van der Waals surface area contributed by atoms with Gasteiger partial charge in [-0.1, -0.05) is 13.8 Å². The van der Waals surface area contributed by atoms with E-state index < -0.39 is 5.60 Å². The van der Waals surface area contributed by atoms with Crippen LogP contribution in [0.1, 0.15) is 20.3 Å². The molecule has 0 aromatic rings. The first-order valence-corrected chi connectivity index (χ1v) is 3.96. The Morgan fingerprint density at radius 2 is 2.18 bits per heavy atom. The molecule has 0 aromatic heterocycles. The molecule has 0 aromatic carbocycles. The third kappa shape index (κ3) is 1.13. The molecule has 3 nitrogen and oxygen atoms in total. The first-order chi connectivity index (χ1) is 4.98. The zero-order chi connectivity index (χ0) is 8.65. The first-order valence-electron chi connectivity index (χ1n) is 3.96. The summed E-state index contributed by atoms with van der Waals surface area (Å²) < 4.78 is 0. The molecule has 0 unspecified atom stereocenters. The number of amides is 1. The summed E-state index contributed by atoms with van der Waals surface area (Å²) in [5.74, 6) is -0.118. The van der Waals surface area contributed by atoms with Crippen LogP contribution < -0.4 is 0 Å². The van der Waals surface area contributed by atoms with E-state index in [2.05, 4.69) is 0 Å². The van der Waals surface area contributed by atoms with Gasteiger partial charge in [0.25, 0.3) is 5.91 Å². The van der Waals surface area contributed by atoms with Gasteiger partial charge >= 0.3 is 0 Å². The van der Waals surface area contributed by atoms with Crippen molar-refractivity contribution in [2.75, 3.05) is 13.6 Å². The SMILES string of the molecule is CC(C)[C@]1(O)CCN(C)C1=O. The number of aliphatic hydroxyl groups is 1. The van der Waals surface area contributed by atoms with Gasteiger partial charge in [-0.05, 0) is 5.92 Å². The van der Waals surface area contributed by atoms with Crippen molar-refractivity contribution in [1.29, 1.82) is 0 Å². The molecule has 1 amide bonds. The van der Waals surface area contributed by atoms with Crippen LogP contribution in [0.4, 0.5) is 0 Å². The van der Waals surface area contributed by atoms with Gasteiger partial charge in [-0.3, -0.25) is 4.79 Å². The van der Waals surface area contributed by atoms with E-state index in [1.54, 1.807) is 11.9 Å². The van der Waals surface area contributed by atoms with Gasteiger partial charge in [0.15, 0.2) is 0 Å². The maximum atomic E-state index is 11.3. The molecule has 1 aliphatic heterocycles. The molecule has 1 rings (SSSR count). The van der Waals surface area contributed by atoms with Gasteiger partial charge < -0.3 is 10.0 Å². The van der Waals surface area contributed by atoms with Gasteiger partial charge in [0.05, 0.1) is 0 Å². The molecule has 64 valence electrons. The van der Waals surface area contributed by atoms with Crippen molar-refractivity contribution >= 4 is 5.91 Å². The van der Waals surface area contributed by atoms with Gasteiger partial charge in [0.1, 0.15) is 5.60 Å². The zero-order valence-electron chi connectivity index (χ0n) is 7.29. The summed E-state index contributed by atoms with van der Waals surface area (Å²) >= 11 is 0. The normalized spacial score (nSPS) is 32.1. The second-order valence-corrected chi connectivity index (χ2v) is 3.56. The molecule has 1 N–H and O–H groups in total. The van der Waals surface area contributed by atoms with Crippen LogP contribution in [0, 0.1) is 5.92 Å². The fourth-order valence-corrected chi connectivity index (χ4v) is 1.41. The molecule has 0 aliphatic carbocycles. The van der Waals surface area contributed by atoms with E-state index in [4.69, 9.17) is 0 Å². The molecular weight excluding hydrogens is 142 g/mol. The van der Waals surface area contributed by atoms with Gasteiger partial charge in [-0.2, -0.15) is 0 Å². The predicted molar refractivity (Wildman–Crippen MR) is 42.0 cm³/mol. The minimum atomic E-state index is -1.09. The lowest BCUT2D eigenvalue weighted by Gasteiger charge is -2.24. The van der Waals surface area contributed by atoms with E-state index >= 15 is 0 Å². The third-order valence-corrected chi connectivity index (χ3v) is 2.50. The number of hydrogen-bond acceptors (Lipinski definition) is 2. The average molecular weight is 157 g/mol. The second-order valence-electron chi connectivity index (χ2n) is 3.56. The minimum absolute atomic E-state index is 0.0138. The molecular formula is C8H15NO2. The van der Waals surface area contributed by atoms with Gasteiger partial charge in [0.2, 0.25) is 0 Å². The topological polar surface area (TPSA) is 40.5 Å². The maximum absolute atomic E-state index is 11.3. The van der Waals surface area contributed by atoms with Crippen LogP contribution in [0.3, 0.4) is 0 Å². The van der Waals surface area contributed by atoms with Crippen LogP contribution in [-0.4, -0.2) is 35.1 Å². The van der Waals surface area contributed by atoms with Crippen molar-refractivity contribution in [3.63, 3.8) is 0 Å². The van der Waals surface area contributed by atoms with Crippen molar-refractivity contribution in [3.8, 4) is 0 Å². The number of carbonyl (C=O) groups is 1. The lowest BCUT2D eigenvalue weighted by molar-refractivity contribution is -0.146. The molecule has 1 fully saturated rings. The number of likely N-dealkylation sites (tertiary alicyclic amines) is 1. The Hall–Kier alpha value is -0.570. The lowest BCUT2D eigenvalue weighted by atomic mass is 9.89. The van der Waals surface area contributed by atoms with Crippen molar-refractivity contribution in [2.24, 2.45) is 5.92 Å². The molecule has 1 aliphatic rings. The molecule has 1 heterocycles. The highest BCUT2D eigenvalue weighted by Gasteiger charge is 2.45. The molecule has 0 spiro atoms. The van der Waals surface area contributed by atoms with Crippen LogP contribution in [0.2, 0.25) is 0 Å². The predicted octanol–water partition coefficient (Wildman–Crippen LogP) is 0.236. The highest BCUT2D eigenvalue weighted by Crippen LogP contribution is 2.28. The van der Waals surface area contributed by atoms with E-state index in [-0.39, 0.29) is 11.8 Å². The number of carbonyl (C=O) groups excluding carboxylic acids is 1. The van der Waals surface area contributed by atoms with Crippen LogP contribution in [0.5, 0.6) is 0 Å². The Morgan fingerprint density at radius 1 is 1.64 bits per heavy atom. The Kier molecular flexibility index (Phi) is 1.92. The summed E-state index contributed by atoms with van der Waals surface area (Å²) in [6.45, 7) is 4.42. The quantitative estimate of drug-likeness (QED) is 0.592. The average Bonchev–Trinajstić information content (AvgIpc) is 2.18. The van der Waals surface area contributed by atoms with Gasteiger partial charge in [-0.25, -0.2) is 0 Å². The van der Waals surface area contributed by atoms with Crippen molar-refractivity contribution in [1.82, 2.24) is 4.90 Å². The number of hydrogen-bond donors (Lipinski definition) is 1. The van der Waals surface area contributed by atoms with Crippen LogP contribution in [-0.2, 0) is 4.79 Å². The number of nitrogens with zero attached hydrogens (tertiary/aromatic N) is 1. The van der Waals surface area contributed by atoms with Crippen molar-refractivity contribution in [2.45, 2.75) is 25.9 Å². The number of rotatable bonds is 1. The molecule has 1 saturated heterocycles. The Morgan fingerprint density at radius 3 is 2.36 bits per heavy atom. The monoisotopic (exact) mass is 157 g/mol. The fraction of sp³-hybridized carbons (Fsp3) is 0.875. The smallest absolute Gasteiger partial charge is 0.254 e. The second kappa shape index (κ2) is 2.48. The van der Waals surface area contributed by atoms with E-state index in [0.717, 1.165) is 0 Å². The molecule has 1 atom stereocenters. The summed E-state index contributed by atoms with van der Waals surface area (Å²) in [7, 11) is 1.72. The van der Waals surface area contributed by atoms with Gasteiger partial charge in [-0.15, -0.1) is 0 Å². The van der Waals surface area contributed by atoms with Gasteiger partial charge in [0, 0.05) is 20.0 Å². The summed E-state index contributed by atoms with van der Waals surface area (Å²) in [6, 6.07) is 0. The molecule has 0 saturated carbocycles. The molecule has 11 heavy (non-hydrogen) atoms. The van der Waals surface area contributed by atoms with Crippen LogP contribution in [0.25, 0.3) is 0 Å². The standard InChI is InChI=1S/C8H15NO2/c1-6(2)8(11)4-5-9(3)7(8)10/h6,11H,4-5H2,1-3H3/t8-/m1/s1. The van der Waals surface area contributed by atoms with Crippen molar-refractivity contribution in [3.05, 3.63) is 0 Å². The Labute approximate surface area is 67.0 Å². The van der Waals surface area contributed by atoms with E-state index in [9.17, 15) is 9.90 Å². The number of likely N-dealkylation sites (N-methyl/N-ethyl adjacent to an activating group) is 1. The van der Waals surface area contributed by atoms with Crippen LogP contribution >= 0.6 is 0 Å². The zero-order valence-corrected chi connectivity index (χ0v) is 7.29. The first kappa shape index (κ1) is 8.53. The fourth-order valence-electron chi connectivity index (χ4n) is 1.41. The van der Waals surface area contributed by atoms with E-state index in [0.29, 0.717) is 13.0 Å². The summed E-state index contributed by atoms with van der Waals surface area (Å²) in [5.41, 5.74) is -1.09. The summed E-state index contributed by atoms with van der Waals surface area (Å²) in [6.07, 6.45) is 0.569. The summed E-state index contributed by atoms with van der Waals surface area (Å²) in [4.78, 5) is 12.9. The highest BCUT2D eigenvalue weighted by molar-refractivity contribution is 5.87. The minimum Gasteiger partial charge on any atom is -0.380 e. The highest BCUT2D eigenvalue weighted by atomic mass is 16.3. The summed E-state index contributed by atoms with van der Waals surface area (Å²) in [5, 5.41) is 9.82. The van der Waals surface area contributed by atoms with E-state index in [1.165, 1.54) is 0 Å². The van der Waals surface area contributed by atoms with E-state index in [1.807, 2.05) is 13.8 Å². The molecule has 0 bridgehead atoms. The molecule has 3 heteroatoms. The lowest BCUT2D eigenvalue weighted by Crippen LogP contribution is -2.43. The third-order valence-electron chi connectivity index (χ3n) is 2.50. The molecule has 0 radical (unpaired) electrons. The van der Waals surface area contributed by atoms with Crippen LogP contribution in [0.15, 0.2) is 0 Å². The largest absolute Gasteiger partial charge is 0.380 e. The Bertz CT molecular complexity index is 179.